The molecule has 7 nitrogen and oxygen atoms in total. The first-order valence-electron chi connectivity index (χ1n) is 11.1. The maximum Gasteiger partial charge on any atom is 0.247 e. The second kappa shape index (κ2) is 8.75. The van der Waals surface area contributed by atoms with Crippen LogP contribution in [0.1, 0.15) is 45.9 Å². The number of carbonyl (C=O) groups excluding carboxylic acids is 1. The van der Waals surface area contributed by atoms with Gasteiger partial charge in [-0.15, -0.1) is 10.2 Å². The standard InChI is InChI=1S/C24H31N5O2/c1-5-24(8-10-29(11-9-24)15-16(2)3)23(30)26-21-13-20-12-18(6-7-19(20)14-25-21)22-28-27-17(4)31-22/h6-7,12-14,16H,5,8-11,15H2,1-4H3,(H,25,26,30). The fourth-order valence-electron chi connectivity index (χ4n) is 4.43. The summed E-state index contributed by atoms with van der Waals surface area (Å²) in [5.74, 6) is 2.32. The van der Waals surface area contributed by atoms with Gasteiger partial charge in [0.2, 0.25) is 17.7 Å². The molecule has 0 unspecified atom stereocenters. The zero-order valence-corrected chi connectivity index (χ0v) is 18.8. The van der Waals surface area contributed by atoms with Crippen LogP contribution in [0.3, 0.4) is 0 Å². The molecule has 7 heteroatoms. The zero-order chi connectivity index (χ0) is 22.0. The number of aryl methyl sites for hydroxylation is 1. The van der Waals surface area contributed by atoms with E-state index in [0.717, 1.165) is 55.2 Å². The van der Waals surface area contributed by atoms with E-state index in [1.54, 1.807) is 13.1 Å². The highest BCUT2D eigenvalue weighted by Crippen LogP contribution is 2.36. The molecule has 0 spiro atoms. The summed E-state index contributed by atoms with van der Waals surface area (Å²) in [4.78, 5) is 20.2. The summed E-state index contributed by atoms with van der Waals surface area (Å²) in [5, 5.41) is 13.0. The van der Waals surface area contributed by atoms with Crippen molar-refractivity contribution < 1.29 is 9.21 Å². The Labute approximate surface area is 183 Å². The van der Waals surface area contributed by atoms with Crippen LogP contribution in [0.15, 0.2) is 34.9 Å². The van der Waals surface area contributed by atoms with Crippen LogP contribution in [-0.4, -0.2) is 45.6 Å². The van der Waals surface area contributed by atoms with Gasteiger partial charge in [-0.1, -0.05) is 26.8 Å². The molecule has 1 N–H and O–H groups in total. The van der Waals surface area contributed by atoms with Crippen LogP contribution in [-0.2, 0) is 4.79 Å². The van der Waals surface area contributed by atoms with E-state index < -0.39 is 0 Å². The number of anilines is 1. The van der Waals surface area contributed by atoms with Crippen molar-refractivity contribution in [2.45, 2.75) is 47.0 Å². The third-order valence-corrected chi connectivity index (χ3v) is 6.33. The first kappa shape index (κ1) is 21.4. The van der Waals surface area contributed by atoms with Crippen LogP contribution in [0, 0.1) is 18.3 Å². The molecule has 1 aliphatic rings. The van der Waals surface area contributed by atoms with Crippen molar-refractivity contribution in [3.8, 4) is 11.5 Å². The average molecular weight is 422 g/mol. The number of likely N-dealkylation sites (tertiary alicyclic amines) is 1. The van der Waals surface area contributed by atoms with Gasteiger partial charge in [-0.2, -0.15) is 0 Å². The van der Waals surface area contributed by atoms with Gasteiger partial charge in [0.25, 0.3) is 0 Å². The molecular weight excluding hydrogens is 390 g/mol. The largest absolute Gasteiger partial charge is 0.421 e. The van der Waals surface area contributed by atoms with Crippen LogP contribution >= 0.6 is 0 Å². The van der Waals surface area contributed by atoms with Crippen LogP contribution < -0.4 is 5.32 Å². The Balaban J connectivity index is 1.51. The fourth-order valence-corrected chi connectivity index (χ4v) is 4.43. The van der Waals surface area contributed by atoms with E-state index in [1.165, 1.54) is 0 Å². The van der Waals surface area contributed by atoms with E-state index in [-0.39, 0.29) is 11.3 Å². The molecule has 0 saturated carbocycles. The molecule has 1 aliphatic heterocycles. The summed E-state index contributed by atoms with van der Waals surface area (Å²) in [6.07, 6.45) is 4.40. The maximum atomic E-state index is 13.3. The lowest BCUT2D eigenvalue weighted by molar-refractivity contribution is -0.128. The molecule has 1 aromatic carbocycles. The Kier molecular flexibility index (Phi) is 6.05. The van der Waals surface area contributed by atoms with E-state index in [9.17, 15) is 4.79 Å². The van der Waals surface area contributed by atoms with Crippen LogP contribution in [0.25, 0.3) is 22.2 Å². The minimum atomic E-state index is -0.326. The van der Waals surface area contributed by atoms with Crippen LogP contribution in [0.4, 0.5) is 5.82 Å². The molecule has 0 bridgehead atoms. The highest BCUT2D eigenvalue weighted by molar-refractivity contribution is 5.96. The number of hydrogen-bond donors (Lipinski definition) is 1. The van der Waals surface area contributed by atoms with Gasteiger partial charge in [-0.3, -0.25) is 4.79 Å². The van der Waals surface area contributed by atoms with Crippen molar-refractivity contribution in [3.05, 3.63) is 36.4 Å². The summed E-state index contributed by atoms with van der Waals surface area (Å²) in [7, 11) is 0. The molecule has 0 atom stereocenters. The van der Waals surface area contributed by atoms with Gasteiger partial charge in [0.15, 0.2) is 0 Å². The average Bonchev–Trinajstić information content (AvgIpc) is 3.20. The van der Waals surface area contributed by atoms with E-state index in [0.29, 0.717) is 23.5 Å². The molecule has 31 heavy (non-hydrogen) atoms. The number of aromatic nitrogens is 3. The first-order valence-corrected chi connectivity index (χ1v) is 11.1. The number of amides is 1. The Morgan fingerprint density at radius 1 is 1.19 bits per heavy atom. The number of benzene rings is 1. The second-order valence-corrected chi connectivity index (χ2v) is 9.04. The molecule has 1 fully saturated rings. The number of carbonyl (C=O) groups is 1. The molecule has 3 heterocycles. The van der Waals surface area contributed by atoms with Gasteiger partial charge in [-0.25, -0.2) is 4.98 Å². The number of fused-ring (bicyclic) bond motifs is 1. The SMILES string of the molecule is CCC1(C(=O)Nc2cc3cc(-c4nnc(C)o4)ccc3cn2)CCN(CC(C)C)CC1. The third-order valence-electron chi connectivity index (χ3n) is 6.33. The molecule has 0 radical (unpaired) electrons. The van der Waals surface area contributed by atoms with Crippen molar-refractivity contribution in [1.82, 2.24) is 20.1 Å². The predicted octanol–water partition coefficient (Wildman–Crippen LogP) is 4.68. The number of nitrogens with one attached hydrogen (secondary N) is 1. The number of rotatable bonds is 6. The van der Waals surface area contributed by atoms with Gasteiger partial charge >= 0.3 is 0 Å². The zero-order valence-electron chi connectivity index (χ0n) is 18.8. The van der Waals surface area contributed by atoms with Crippen molar-refractivity contribution in [2.24, 2.45) is 11.3 Å². The number of piperidine rings is 1. The minimum Gasteiger partial charge on any atom is -0.421 e. The lowest BCUT2D eigenvalue weighted by atomic mass is 9.75. The highest BCUT2D eigenvalue weighted by Gasteiger charge is 2.39. The molecule has 1 saturated heterocycles. The Morgan fingerprint density at radius 2 is 1.97 bits per heavy atom. The first-order chi connectivity index (χ1) is 14.9. The third kappa shape index (κ3) is 4.61. The predicted molar refractivity (Wildman–Crippen MR) is 122 cm³/mol. The summed E-state index contributed by atoms with van der Waals surface area (Å²) < 4.78 is 5.54. The fraction of sp³-hybridized carbons (Fsp3) is 0.500. The Bertz CT molecular complexity index is 1070. The molecule has 0 aliphatic carbocycles. The molecule has 4 rings (SSSR count). The van der Waals surface area contributed by atoms with E-state index in [2.05, 4.69) is 46.2 Å². The Hall–Kier alpha value is -2.80. The van der Waals surface area contributed by atoms with E-state index in [4.69, 9.17) is 4.42 Å². The van der Waals surface area contributed by atoms with Gasteiger partial charge in [0.05, 0.1) is 5.41 Å². The summed E-state index contributed by atoms with van der Waals surface area (Å²) in [6, 6.07) is 7.81. The smallest absolute Gasteiger partial charge is 0.247 e. The van der Waals surface area contributed by atoms with Crippen molar-refractivity contribution in [2.75, 3.05) is 25.0 Å². The molecule has 1 amide bonds. The topological polar surface area (TPSA) is 84.2 Å². The number of pyridine rings is 1. The van der Waals surface area contributed by atoms with Gasteiger partial charge in [0, 0.05) is 30.6 Å². The molecule has 2 aromatic heterocycles. The second-order valence-electron chi connectivity index (χ2n) is 9.04. The summed E-state index contributed by atoms with van der Waals surface area (Å²) in [6.45, 7) is 11.4. The minimum absolute atomic E-state index is 0.0785. The molecular formula is C24H31N5O2. The van der Waals surface area contributed by atoms with Gasteiger partial charge in [-0.05, 0) is 61.9 Å². The highest BCUT2D eigenvalue weighted by atomic mass is 16.4. The quantitative estimate of drug-likeness (QED) is 0.622. The summed E-state index contributed by atoms with van der Waals surface area (Å²) in [5.41, 5.74) is 0.520. The van der Waals surface area contributed by atoms with Crippen molar-refractivity contribution in [3.63, 3.8) is 0 Å². The molecule has 164 valence electrons. The number of nitrogens with zero attached hydrogens (tertiary/aromatic N) is 4. The normalized spacial score (nSPS) is 16.7. The lowest BCUT2D eigenvalue weighted by Crippen LogP contribution is -2.47. The van der Waals surface area contributed by atoms with Gasteiger partial charge in [0.1, 0.15) is 5.82 Å². The monoisotopic (exact) mass is 421 g/mol. The van der Waals surface area contributed by atoms with Crippen molar-refractivity contribution >= 4 is 22.5 Å². The Morgan fingerprint density at radius 3 is 2.61 bits per heavy atom. The summed E-state index contributed by atoms with van der Waals surface area (Å²) >= 11 is 0. The maximum absolute atomic E-state index is 13.3. The van der Waals surface area contributed by atoms with Crippen LogP contribution in [0.5, 0.6) is 0 Å². The van der Waals surface area contributed by atoms with Gasteiger partial charge < -0.3 is 14.6 Å². The lowest BCUT2D eigenvalue weighted by Gasteiger charge is -2.40. The van der Waals surface area contributed by atoms with E-state index >= 15 is 0 Å². The number of hydrogen-bond acceptors (Lipinski definition) is 6. The van der Waals surface area contributed by atoms with Crippen LogP contribution in [0.2, 0.25) is 0 Å². The molecule has 3 aromatic rings. The van der Waals surface area contributed by atoms with E-state index in [1.807, 2.05) is 24.3 Å². The van der Waals surface area contributed by atoms with Crippen molar-refractivity contribution in [1.29, 1.82) is 0 Å².